The molecule has 2 nitrogen and oxygen atoms in total. The van der Waals surface area contributed by atoms with Crippen molar-refractivity contribution < 1.29 is 5.11 Å². The largest absolute Gasteiger partial charge is 0.393 e. The SMILES string of the molecule is CC1(C)C2CCC1(C)C(NCC1CCCCC1O)C2. The maximum absolute atomic E-state index is 10.1. The van der Waals surface area contributed by atoms with E-state index in [2.05, 4.69) is 26.1 Å². The van der Waals surface area contributed by atoms with Gasteiger partial charge in [-0.2, -0.15) is 0 Å². The highest BCUT2D eigenvalue weighted by atomic mass is 16.3. The third-order valence-electron chi connectivity index (χ3n) is 7.29. The molecule has 0 aromatic heterocycles. The predicted octanol–water partition coefficient (Wildman–Crippen LogP) is 3.34. The minimum atomic E-state index is -0.0549. The number of aliphatic hydroxyl groups is 1. The molecule has 5 unspecified atom stereocenters. The van der Waals surface area contributed by atoms with Gasteiger partial charge in [0.2, 0.25) is 0 Å². The van der Waals surface area contributed by atoms with E-state index in [1.54, 1.807) is 0 Å². The highest BCUT2D eigenvalue weighted by Crippen LogP contribution is 2.65. The molecule has 5 atom stereocenters. The summed E-state index contributed by atoms with van der Waals surface area (Å²) in [5.41, 5.74) is 0.965. The van der Waals surface area contributed by atoms with E-state index in [4.69, 9.17) is 0 Å². The molecule has 3 aliphatic rings. The van der Waals surface area contributed by atoms with E-state index >= 15 is 0 Å². The van der Waals surface area contributed by atoms with Gasteiger partial charge in [-0.15, -0.1) is 0 Å². The molecule has 0 amide bonds. The fourth-order valence-electron chi connectivity index (χ4n) is 5.23. The minimum absolute atomic E-state index is 0.0549. The summed E-state index contributed by atoms with van der Waals surface area (Å²) in [6.45, 7) is 8.47. The Bertz CT molecular complexity index is 340. The van der Waals surface area contributed by atoms with Crippen molar-refractivity contribution in [3.63, 3.8) is 0 Å². The van der Waals surface area contributed by atoms with Crippen LogP contribution in [-0.4, -0.2) is 23.8 Å². The number of nitrogens with one attached hydrogen (secondary N) is 1. The van der Waals surface area contributed by atoms with Gasteiger partial charge in [0.1, 0.15) is 0 Å². The first kappa shape index (κ1) is 13.9. The first-order chi connectivity index (χ1) is 8.95. The van der Waals surface area contributed by atoms with Crippen molar-refractivity contribution in [2.75, 3.05) is 6.54 Å². The van der Waals surface area contributed by atoms with E-state index in [1.165, 1.54) is 38.5 Å². The van der Waals surface area contributed by atoms with E-state index in [9.17, 15) is 5.11 Å². The van der Waals surface area contributed by atoms with Crippen LogP contribution >= 0.6 is 0 Å². The Hall–Kier alpha value is -0.0800. The van der Waals surface area contributed by atoms with E-state index in [1.807, 2.05) is 0 Å². The van der Waals surface area contributed by atoms with Crippen molar-refractivity contribution >= 4 is 0 Å². The second-order valence-electron chi connectivity index (χ2n) is 8.18. The maximum Gasteiger partial charge on any atom is 0.0580 e. The molecule has 0 aromatic carbocycles. The van der Waals surface area contributed by atoms with Crippen LogP contribution in [0.15, 0.2) is 0 Å². The number of hydrogen-bond donors (Lipinski definition) is 2. The molecule has 0 heterocycles. The van der Waals surface area contributed by atoms with Crippen LogP contribution in [-0.2, 0) is 0 Å². The number of fused-ring (bicyclic) bond motifs is 2. The van der Waals surface area contributed by atoms with Gasteiger partial charge in [0, 0.05) is 12.6 Å². The Labute approximate surface area is 118 Å². The lowest BCUT2D eigenvalue weighted by molar-refractivity contribution is 0.0598. The molecule has 2 bridgehead atoms. The highest BCUT2D eigenvalue weighted by molar-refractivity contribution is 5.13. The molecule has 3 saturated carbocycles. The van der Waals surface area contributed by atoms with Crippen LogP contribution in [0.3, 0.4) is 0 Å². The zero-order valence-electron chi connectivity index (χ0n) is 12.9. The van der Waals surface area contributed by atoms with Crippen molar-refractivity contribution in [3.8, 4) is 0 Å². The summed E-state index contributed by atoms with van der Waals surface area (Å²) in [6.07, 6.45) is 8.86. The lowest BCUT2D eigenvalue weighted by atomic mass is 9.69. The van der Waals surface area contributed by atoms with Gasteiger partial charge in [-0.05, 0) is 54.8 Å². The molecule has 2 heteroatoms. The van der Waals surface area contributed by atoms with Gasteiger partial charge in [0.25, 0.3) is 0 Å². The van der Waals surface area contributed by atoms with E-state index < -0.39 is 0 Å². The quantitative estimate of drug-likeness (QED) is 0.820. The summed E-state index contributed by atoms with van der Waals surface area (Å²) in [5, 5.41) is 14.0. The van der Waals surface area contributed by atoms with Crippen LogP contribution in [0, 0.1) is 22.7 Å². The molecule has 110 valence electrons. The van der Waals surface area contributed by atoms with Gasteiger partial charge >= 0.3 is 0 Å². The van der Waals surface area contributed by atoms with Gasteiger partial charge in [-0.1, -0.05) is 33.6 Å². The highest BCUT2D eigenvalue weighted by Gasteiger charge is 2.61. The van der Waals surface area contributed by atoms with Gasteiger partial charge in [0.05, 0.1) is 6.10 Å². The standard InChI is InChI=1S/C17H31NO/c1-16(2)13-8-9-17(16,3)15(10-13)18-11-12-6-4-5-7-14(12)19/h12-15,18-19H,4-11H2,1-3H3. The molecule has 0 radical (unpaired) electrons. The monoisotopic (exact) mass is 265 g/mol. The summed E-state index contributed by atoms with van der Waals surface area (Å²) in [7, 11) is 0. The van der Waals surface area contributed by atoms with Crippen molar-refractivity contribution in [1.82, 2.24) is 5.32 Å². The fraction of sp³-hybridized carbons (Fsp3) is 1.00. The van der Waals surface area contributed by atoms with Gasteiger partial charge < -0.3 is 10.4 Å². The number of aliphatic hydroxyl groups excluding tert-OH is 1. The van der Waals surface area contributed by atoms with Crippen molar-refractivity contribution in [3.05, 3.63) is 0 Å². The zero-order chi connectivity index (χ0) is 13.7. The first-order valence-corrected chi connectivity index (χ1v) is 8.36. The first-order valence-electron chi connectivity index (χ1n) is 8.36. The normalized spacial score (nSPS) is 48.6. The molecule has 0 spiro atoms. The molecule has 3 fully saturated rings. The summed E-state index contributed by atoms with van der Waals surface area (Å²) in [5.74, 6) is 1.41. The van der Waals surface area contributed by atoms with Crippen LogP contribution in [0.25, 0.3) is 0 Å². The molecular formula is C17H31NO. The molecule has 0 saturated heterocycles. The Kier molecular flexibility index (Phi) is 3.46. The Morgan fingerprint density at radius 3 is 2.42 bits per heavy atom. The van der Waals surface area contributed by atoms with Crippen molar-refractivity contribution in [2.24, 2.45) is 22.7 Å². The van der Waals surface area contributed by atoms with Crippen LogP contribution in [0.1, 0.15) is 65.7 Å². The smallest absolute Gasteiger partial charge is 0.0580 e. The Morgan fingerprint density at radius 2 is 1.84 bits per heavy atom. The predicted molar refractivity (Wildman–Crippen MR) is 79.0 cm³/mol. The second kappa shape index (κ2) is 4.73. The van der Waals surface area contributed by atoms with Gasteiger partial charge in [-0.3, -0.25) is 0 Å². The van der Waals surface area contributed by atoms with E-state index in [-0.39, 0.29) is 6.10 Å². The molecular weight excluding hydrogens is 234 g/mol. The average Bonchev–Trinajstić information content (AvgIpc) is 2.70. The van der Waals surface area contributed by atoms with Crippen LogP contribution in [0.2, 0.25) is 0 Å². The minimum Gasteiger partial charge on any atom is -0.393 e. The third-order valence-corrected chi connectivity index (χ3v) is 7.29. The summed E-state index contributed by atoms with van der Waals surface area (Å²) >= 11 is 0. The Morgan fingerprint density at radius 1 is 1.11 bits per heavy atom. The molecule has 0 aliphatic heterocycles. The summed E-state index contributed by atoms with van der Waals surface area (Å²) in [4.78, 5) is 0. The topological polar surface area (TPSA) is 32.3 Å². The van der Waals surface area contributed by atoms with Gasteiger partial charge in [0.15, 0.2) is 0 Å². The second-order valence-corrected chi connectivity index (χ2v) is 8.18. The molecule has 19 heavy (non-hydrogen) atoms. The lowest BCUT2D eigenvalue weighted by Crippen LogP contribution is -2.47. The van der Waals surface area contributed by atoms with E-state index in [0.717, 1.165) is 18.9 Å². The third kappa shape index (κ3) is 2.06. The van der Waals surface area contributed by atoms with Crippen LogP contribution in [0.5, 0.6) is 0 Å². The zero-order valence-corrected chi connectivity index (χ0v) is 12.9. The molecule has 3 rings (SSSR count). The molecule has 0 aromatic rings. The number of hydrogen-bond acceptors (Lipinski definition) is 2. The van der Waals surface area contributed by atoms with Crippen molar-refractivity contribution in [2.45, 2.75) is 77.9 Å². The average molecular weight is 265 g/mol. The fourth-order valence-corrected chi connectivity index (χ4v) is 5.23. The molecule has 2 N–H and O–H groups in total. The number of rotatable bonds is 3. The van der Waals surface area contributed by atoms with Crippen LogP contribution < -0.4 is 5.32 Å². The van der Waals surface area contributed by atoms with Gasteiger partial charge in [-0.25, -0.2) is 0 Å². The van der Waals surface area contributed by atoms with Crippen LogP contribution in [0.4, 0.5) is 0 Å². The summed E-state index contributed by atoms with van der Waals surface area (Å²) < 4.78 is 0. The lowest BCUT2D eigenvalue weighted by Gasteiger charge is -2.40. The molecule has 3 aliphatic carbocycles. The summed E-state index contributed by atoms with van der Waals surface area (Å²) in [6, 6.07) is 0.676. The van der Waals surface area contributed by atoms with E-state index in [0.29, 0.717) is 22.8 Å². The van der Waals surface area contributed by atoms with Crippen molar-refractivity contribution in [1.29, 1.82) is 0 Å². The Balaban J connectivity index is 1.60. The maximum atomic E-state index is 10.1.